The van der Waals surface area contributed by atoms with Crippen LogP contribution in [0.4, 0.5) is 9.18 Å². The molecule has 0 aromatic carbocycles. The number of ether oxygens (including phenoxy) is 1. The van der Waals surface area contributed by atoms with Crippen LogP contribution in [0.1, 0.15) is 6.92 Å². The van der Waals surface area contributed by atoms with Gasteiger partial charge in [0.05, 0.1) is 0 Å². The van der Waals surface area contributed by atoms with E-state index in [9.17, 15) is 23.6 Å². The predicted molar refractivity (Wildman–Crippen MR) is 45.3 cm³/mol. The molecule has 1 saturated heterocycles. The SMILES string of the molecule is CC(=O)OC1NC(=O)NC(=O)C1(F)C(N)=O. The van der Waals surface area contributed by atoms with E-state index in [1.807, 2.05) is 0 Å². The molecule has 0 radical (unpaired) electrons. The summed E-state index contributed by atoms with van der Waals surface area (Å²) in [4.78, 5) is 43.4. The Labute approximate surface area is 88.3 Å². The van der Waals surface area contributed by atoms with Gasteiger partial charge in [-0.05, 0) is 0 Å². The monoisotopic (exact) mass is 233 g/mol. The summed E-state index contributed by atoms with van der Waals surface area (Å²) in [6.07, 6.45) is -2.07. The normalized spacial score (nSPS) is 29.0. The lowest BCUT2D eigenvalue weighted by molar-refractivity contribution is -0.169. The van der Waals surface area contributed by atoms with E-state index >= 15 is 0 Å². The molecule has 0 saturated carbocycles. The molecule has 0 aliphatic carbocycles. The van der Waals surface area contributed by atoms with Crippen molar-refractivity contribution in [2.45, 2.75) is 18.8 Å². The number of hydrogen-bond acceptors (Lipinski definition) is 5. The van der Waals surface area contributed by atoms with Crippen LogP contribution < -0.4 is 16.4 Å². The molecule has 4 N–H and O–H groups in total. The van der Waals surface area contributed by atoms with Gasteiger partial charge >= 0.3 is 17.7 Å². The number of esters is 1. The zero-order valence-electron chi connectivity index (χ0n) is 8.07. The number of halogens is 1. The fourth-order valence-electron chi connectivity index (χ4n) is 1.09. The van der Waals surface area contributed by atoms with Gasteiger partial charge in [0.2, 0.25) is 6.23 Å². The topological polar surface area (TPSA) is 128 Å². The van der Waals surface area contributed by atoms with Crippen molar-refractivity contribution in [1.82, 2.24) is 10.6 Å². The Hall–Kier alpha value is -2.19. The van der Waals surface area contributed by atoms with Gasteiger partial charge in [-0.3, -0.25) is 25.0 Å². The number of primary amides is 1. The number of rotatable bonds is 2. The number of imide groups is 1. The molecule has 88 valence electrons. The van der Waals surface area contributed by atoms with Crippen LogP contribution in [0.15, 0.2) is 0 Å². The molecule has 2 unspecified atom stereocenters. The smallest absolute Gasteiger partial charge is 0.324 e. The molecule has 0 spiro atoms. The van der Waals surface area contributed by atoms with E-state index < -0.39 is 35.7 Å². The molecule has 4 amide bonds. The molecule has 9 heteroatoms. The lowest BCUT2D eigenvalue weighted by Gasteiger charge is -2.33. The average molecular weight is 233 g/mol. The van der Waals surface area contributed by atoms with Crippen LogP contribution in [-0.4, -0.2) is 35.7 Å². The lowest BCUT2D eigenvalue weighted by Crippen LogP contribution is -2.72. The van der Waals surface area contributed by atoms with E-state index in [1.54, 1.807) is 5.32 Å². The molecule has 2 atom stereocenters. The lowest BCUT2D eigenvalue weighted by atomic mass is 10.0. The second-order valence-corrected chi connectivity index (χ2v) is 2.99. The number of nitrogens with two attached hydrogens (primary N) is 1. The Bertz CT molecular complexity index is 382. The summed E-state index contributed by atoms with van der Waals surface area (Å²) in [6, 6.07) is -1.09. The Kier molecular flexibility index (Phi) is 2.79. The van der Waals surface area contributed by atoms with Crippen LogP contribution in [0, 0.1) is 0 Å². The van der Waals surface area contributed by atoms with E-state index in [-0.39, 0.29) is 0 Å². The van der Waals surface area contributed by atoms with Crippen molar-refractivity contribution < 1.29 is 28.3 Å². The highest BCUT2D eigenvalue weighted by molar-refractivity contribution is 6.15. The number of nitrogens with one attached hydrogen (secondary N) is 2. The van der Waals surface area contributed by atoms with E-state index in [1.165, 1.54) is 5.32 Å². The molecule has 1 fully saturated rings. The Morgan fingerprint density at radius 3 is 2.50 bits per heavy atom. The maximum absolute atomic E-state index is 13.9. The summed E-state index contributed by atoms with van der Waals surface area (Å²) < 4.78 is 18.2. The maximum atomic E-state index is 13.9. The van der Waals surface area contributed by atoms with E-state index in [0.717, 1.165) is 6.92 Å². The van der Waals surface area contributed by atoms with Gasteiger partial charge in [0.15, 0.2) is 0 Å². The number of hydrogen-bond donors (Lipinski definition) is 3. The summed E-state index contributed by atoms with van der Waals surface area (Å²) in [6.45, 7) is 0.917. The first-order valence-electron chi connectivity index (χ1n) is 4.06. The molecule has 1 aliphatic rings. The predicted octanol–water partition coefficient (Wildman–Crippen LogP) is -2.09. The summed E-state index contributed by atoms with van der Waals surface area (Å²) >= 11 is 0. The molecule has 0 aromatic rings. The van der Waals surface area contributed by atoms with Crippen LogP contribution in [0.3, 0.4) is 0 Å². The van der Waals surface area contributed by atoms with Gasteiger partial charge < -0.3 is 10.5 Å². The first-order valence-corrected chi connectivity index (χ1v) is 4.06. The molecular formula is C7H8FN3O5. The largest absolute Gasteiger partial charge is 0.437 e. The van der Waals surface area contributed by atoms with E-state index in [4.69, 9.17) is 0 Å². The Morgan fingerprint density at radius 2 is 2.06 bits per heavy atom. The van der Waals surface area contributed by atoms with Gasteiger partial charge in [-0.25, -0.2) is 9.18 Å². The summed E-state index contributed by atoms with van der Waals surface area (Å²) in [7, 11) is 0. The number of alkyl halides is 1. The zero-order valence-corrected chi connectivity index (χ0v) is 8.07. The maximum Gasteiger partial charge on any atom is 0.324 e. The van der Waals surface area contributed by atoms with Gasteiger partial charge in [0.25, 0.3) is 11.8 Å². The van der Waals surface area contributed by atoms with Crippen LogP contribution in [0.25, 0.3) is 0 Å². The van der Waals surface area contributed by atoms with Crippen molar-refractivity contribution in [1.29, 1.82) is 0 Å². The molecule has 1 heterocycles. The van der Waals surface area contributed by atoms with Crippen LogP contribution >= 0.6 is 0 Å². The molecule has 0 aromatic heterocycles. The van der Waals surface area contributed by atoms with Crippen molar-refractivity contribution >= 4 is 23.8 Å². The molecular weight excluding hydrogens is 225 g/mol. The van der Waals surface area contributed by atoms with Crippen LogP contribution in [-0.2, 0) is 19.1 Å². The minimum atomic E-state index is -3.32. The average Bonchev–Trinajstić information content (AvgIpc) is 2.12. The highest BCUT2D eigenvalue weighted by Crippen LogP contribution is 2.20. The summed E-state index contributed by atoms with van der Waals surface area (Å²) in [5.74, 6) is -4.23. The highest BCUT2D eigenvalue weighted by Gasteiger charge is 2.58. The van der Waals surface area contributed by atoms with E-state index in [2.05, 4.69) is 10.5 Å². The van der Waals surface area contributed by atoms with Crippen molar-refractivity contribution in [3.05, 3.63) is 0 Å². The zero-order chi connectivity index (χ0) is 12.5. The molecule has 16 heavy (non-hydrogen) atoms. The van der Waals surface area contributed by atoms with Crippen molar-refractivity contribution in [2.75, 3.05) is 0 Å². The van der Waals surface area contributed by atoms with E-state index in [0.29, 0.717) is 0 Å². The Morgan fingerprint density at radius 1 is 1.50 bits per heavy atom. The third-order valence-corrected chi connectivity index (χ3v) is 1.82. The van der Waals surface area contributed by atoms with Gasteiger partial charge in [-0.2, -0.15) is 0 Å². The second-order valence-electron chi connectivity index (χ2n) is 2.99. The molecule has 8 nitrogen and oxygen atoms in total. The standard InChI is InChI=1S/C7H8FN3O5/c1-2(12)16-5-7(8,3(9)13)4(14)10-6(15)11-5/h5H,1H3,(H2,9,13)(H2,10,11,14,15). The first kappa shape index (κ1) is 11.9. The summed E-state index contributed by atoms with van der Waals surface area (Å²) in [5, 5.41) is 3.26. The van der Waals surface area contributed by atoms with Crippen LogP contribution in [0.2, 0.25) is 0 Å². The molecule has 1 rings (SSSR count). The number of amides is 4. The van der Waals surface area contributed by atoms with Crippen LogP contribution in [0.5, 0.6) is 0 Å². The fraction of sp³-hybridized carbons (Fsp3) is 0.429. The molecule has 0 bridgehead atoms. The number of carbonyl (C=O) groups is 4. The Balaban J connectivity index is 3.07. The fourth-order valence-corrected chi connectivity index (χ4v) is 1.09. The van der Waals surface area contributed by atoms with Crippen molar-refractivity contribution in [3.63, 3.8) is 0 Å². The van der Waals surface area contributed by atoms with Gasteiger partial charge in [0.1, 0.15) is 0 Å². The van der Waals surface area contributed by atoms with Gasteiger partial charge in [-0.1, -0.05) is 0 Å². The van der Waals surface area contributed by atoms with Crippen molar-refractivity contribution in [2.24, 2.45) is 5.73 Å². The first-order chi connectivity index (χ1) is 7.28. The number of urea groups is 1. The van der Waals surface area contributed by atoms with Gasteiger partial charge in [0, 0.05) is 6.92 Å². The minimum absolute atomic E-state index is 0.917. The van der Waals surface area contributed by atoms with Crippen molar-refractivity contribution in [3.8, 4) is 0 Å². The third kappa shape index (κ3) is 1.78. The highest BCUT2D eigenvalue weighted by atomic mass is 19.1. The summed E-state index contributed by atoms with van der Waals surface area (Å²) in [5.41, 5.74) is 1.37. The second kappa shape index (κ2) is 3.76. The minimum Gasteiger partial charge on any atom is -0.437 e. The van der Waals surface area contributed by atoms with Gasteiger partial charge in [-0.15, -0.1) is 0 Å². The number of carbonyl (C=O) groups excluding carboxylic acids is 4. The third-order valence-electron chi connectivity index (χ3n) is 1.82. The quantitative estimate of drug-likeness (QED) is 0.372. The molecule has 1 aliphatic heterocycles.